The van der Waals surface area contributed by atoms with E-state index in [9.17, 15) is 9.59 Å². The highest BCUT2D eigenvalue weighted by atomic mass is 79.9. The third-order valence-electron chi connectivity index (χ3n) is 7.19. The van der Waals surface area contributed by atoms with E-state index in [0.29, 0.717) is 34.8 Å². The minimum Gasteiger partial charge on any atom is -0.493 e. The Hall–Kier alpha value is -2.87. The number of hydrogen-bond acceptors (Lipinski definition) is 6. The van der Waals surface area contributed by atoms with Gasteiger partial charge in [-0.05, 0) is 42.8 Å². The third kappa shape index (κ3) is 14.3. The van der Waals surface area contributed by atoms with E-state index >= 15 is 0 Å². The normalized spacial score (nSPS) is 11.0. The standard InChI is InChI=1S/C34H49BrN2O5/c1-4-5-6-7-8-9-10-11-12-13-14-15-16-17-18-19-33(38)37-36-26-28-24-29(35)21-23-30(28)42-34(39)27-20-22-31(40-2)32(25-27)41-3/h20-26H,4-19H2,1-3H3,(H,37,38)/b36-26-. The number of ether oxygens (including phenoxy) is 3. The fraction of sp³-hybridized carbons (Fsp3) is 0.559. The van der Waals surface area contributed by atoms with Gasteiger partial charge in [0.2, 0.25) is 5.91 Å². The molecule has 0 saturated heterocycles. The van der Waals surface area contributed by atoms with Crippen molar-refractivity contribution in [2.75, 3.05) is 14.2 Å². The van der Waals surface area contributed by atoms with Gasteiger partial charge in [-0.2, -0.15) is 5.10 Å². The zero-order valence-electron chi connectivity index (χ0n) is 25.7. The molecule has 2 rings (SSSR count). The van der Waals surface area contributed by atoms with Crippen LogP contribution < -0.4 is 19.6 Å². The molecule has 0 aliphatic heterocycles. The van der Waals surface area contributed by atoms with Crippen molar-refractivity contribution < 1.29 is 23.8 Å². The molecule has 42 heavy (non-hydrogen) atoms. The van der Waals surface area contributed by atoms with Crippen LogP contribution in [-0.4, -0.2) is 32.3 Å². The molecule has 0 bridgehead atoms. The van der Waals surface area contributed by atoms with Crippen LogP contribution in [0.3, 0.4) is 0 Å². The molecule has 1 N–H and O–H groups in total. The fourth-order valence-electron chi connectivity index (χ4n) is 4.72. The lowest BCUT2D eigenvalue weighted by molar-refractivity contribution is -0.121. The zero-order valence-corrected chi connectivity index (χ0v) is 27.3. The van der Waals surface area contributed by atoms with Crippen LogP contribution >= 0.6 is 15.9 Å². The SMILES string of the molecule is CCCCCCCCCCCCCCCCCC(=O)N/N=C\c1cc(Br)ccc1OC(=O)c1ccc(OC)c(OC)c1. The summed E-state index contributed by atoms with van der Waals surface area (Å²) in [6.45, 7) is 2.27. The summed E-state index contributed by atoms with van der Waals surface area (Å²) in [5.41, 5.74) is 3.45. The van der Waals surface area contributed by atoms with Crippen molar-refractivity contribution in [1.29, 1.82) is 0 Å². The Kier molecular flexibility index (Phi) is 18.3. The molecule has 2 aromatic carbocycles. The van der Waals surface area contributed by atoms with Gasteiger partial charge in [-0.25, -0.2) is 10.2 Å². The van der Waals surface area contributed by atoms with Gasteiger partial charge in [0, 0.05) is 16.5 Å². The number of carbonyl (C=O) groups excluding carboxylic acids is 2. The summed E-state index contributed by atoms with van der Waals surface area (Å²) in [4.78, 5) is 25.0. The van der Waals surface area contributed by atoms with Gasteiger partial charge >= 0.3 is 5.97 Å². The maximum absolute atomic E-state index is 12.8. The Bertz CT molecular complexity index is 1110. The first kappa shape index (κ1) is 35.3. The van der Waals surface area contributed by atoms with E-state index in [1.54, 1.807) is 36.4 Å². The highest BCUT2D eigenvalue weighted by molar-refractivity contribution is 9.10. The van der Waals surface area contributed by atoms with Gasteiger partial charge in [0.1, 0.15) is 5.75 Å². The van der Waals surface area contributed by atoms with Gasteiger partial charge in [0.25, 0.3) is 0 Å². The first-order valence-electron chi connectivity index (χ1n) is 15.5. The Labute approximate surface area is 260 Å². The third-order valence-corrected chi connectivity index (χ3v) is 7.69. The first-order chi connectivity index (χ1) is 20.5. The predicted octanol–water partition coefficient (Wildman–Crippen LogP) is 9.40. The van der Waals surface area contributed by atoms with Crippen LogP contribution in [0.4, 0.5) is 0 Å². The maximum atomic E-state index is 12.8. The van der Waals surface area contributed by atoms with Crippen molar-refractivity contribution in [1.82, 2.24) is 5.43 Å². The number of nitrogens with one attached hydrogen (secondary N) is 1. The van der Waals surface area contributed by atoms with E-state index < -0.39 is 5.97 Å². The molecule has 1 amide bonds. The van der Waals surface area contributed by atoms with E-state index in [1.165, 1.54) is 104 Å². The van der Waals surface area contributed by atoms with Gasteiger partial charge in [0.15, 0.2) is 11.5 Å². The summed E-state index contributed by atoms with van der Waals surface area (Å²) < 4.78 is 16.9. The molecule has 0 fully saturated rings. The lowest BCUT2D eigenvalue weighted by atomic mass is 10.0. The Morgan fingerprint density at radius 2 is 1.29 bits per heavy atom. The average molecular weight is 646 g/mol. The van der Waals surface area contributed by atoms with Gasteiger partial charge < -0.3 is 14.2 Å². The van der Waals surface area contributed by atoms with Crippen LogP contribution in [0.5, 0.6) is 17.2 Å². The second-order valence-electron chi connectivity index (χ2n) is 10.6. The summed E-state index contributed by atoms with van der Waals surface area (Å²) in [6.07, 6.45) is 21.3. The quantitative estimate of drug-likeness (QED) is 0.0453. The lowest BCUT2D eigenvalue weighted by Crippen LogP contribution is -2.17. The van der Waals surface area contributed by atoms with Crippen molar-refractivity contribution in [3.63, 3.8) is 0 Å². The van der Waals surface area contributed by atoms with Gasteiger partial charge in [-0.15, -0.1) is 0 Å². The Morgan fingerprint density at radius 1 is 0.738 bits per heavy atom. The number of benzene rings is 2. The second-order valence-corrected chi connectivity index (χ2v) is 11.6. The summed E-state index contributed by atoms with van der Waals surface area (Å²) >= 11 is 3.43. The first-order valence-corrected chi connectivity index (χ1v) is 16.3. The molecule has 7 nitrogen and oxygen atoms in total. The number of nitrogens with zero attached hydrogens (tertiary/aromatic N) is 1. The molecule has 0 atom stereocenters. The van der Waals surface area contributed by atoms with Crippen molar-refractivity contribution in [2.24, 2.45) is 5.10 Å². The topological polar surface area (TPSA) is 86.2 Å². The average Bonchev–Trinajstić information content (AvgIpc) is 2.99. The molecule has 0 unspecified atom stereocenters. The predicted molar refractivity (Wildman–Crippen MR) is 174 cm³/mol. The van der Waals surface area contributed by atoms with E-state index in [2.05, 4.69) is 33.4 Å². The van der Waals surface area contributed by atoms with Crippen LogP contribution in [0.2, 0.25) is 0 Å². The number of hydrazone groups is 1. The molecule has 232 valence electrons. The number of carbonyl (C=O) groups is 2. The summed E-state index contributed by atoms with van der Waals surface area (Å²) in [7, 11) is 3.03. The number of methoxy groups -OCH3 is 2. The van der Waals surface area contributed by atoms with Gasteiger partial charge in [0.05, 0.1) is 26.0 Å². The van der Waals surface area contributed by atoms with Crippen molar-refractivity contribution in [2.45, 2.75) is 110 Å². The molecule has 0 aliphatic carbocycles. The van der Waals surface area contributed by atoms with Crippen LogP contribution in [0.15, 0.2) is 46.0 Å². The van der Waals surface area contributed by atoms with Crippen LogP contribution in [0.1, 0.15) is 126 Å². The van der Waals surface area contributed by atoms with E-state index in [-0.39, 0.29) is 5.91 Å². The molecule has 0 aliphatic rings. The molecule has 0 heterocycles. The number of halogens is 1. The highest BCUT2D eigenvalue weighted by Gasteiger charge is 2.15. The van der Waals surface area contributed by atoms with Crippen molar-refractivity contribution in [3.05, 3.63) is 52.0 Å². The van der Waals surface area contributed by atoms with E-state index in [4.69, 9.17) is 14.2 Å². The van der Waals surface area contributed by atoms with Gasteiger partial charge in [-0.3, -0.25) is 4.79 Å². The Morgan fingerprint density at radius 3 is 1.86 bits per heavy atom. The van der Waals surface area contributed by atoms with Crippen molar-refractivity contribution in [3.8, 4) is 17.2 Å². The minimum atomic E-state index is -0.551. The molecular formula is C34H49BrN2O5. The number of rotatable bonds is 22. The molecule has 8 heteroatoms. The van der Waals surface area contributed by atoms with Gasteiger partial charge in [-0.1, -0.05) is 113 Å². The maximum Gasteiger partial charge on any atom is 0.343 e. The summed E-state index contributed by atoms with van der Waals surface area (Å²) in [6, 6.07) is 10.0. The van der Waals surface area contributed by atoms with E-state index in [0.717, 1.165) is 17.3 Å². The van der Waals surface area contributed by atoms with Crippen LogP contribution in [0, 0.1) is 0 Å². The summed E-state index contributed by atoms with van der Waals surface area (Å²) in [5, 5.41) is 4.09. The molecule has 0 aromatic heterocycles. The number of unbranched alkanes of at least 4 members (excludes halogenated alkanes) is 14. The molecule has 0 saturated carbocycles. The molecular weight excluding hydrogens is 596 g/mol. The highest BCUT2D eigenvalue weighted by Crippen LogP contribution is 2.29. The molecule has 0 radical (unpaired) electrons. The molecule has 2 aromatic rings. The number of amides is 1. The molecule has 0 spiro atoms. The largest absolute Gasteiger partial charge is 0.493 e. The number of esters is 1. The fourth-order valence-corrected chi connectivity index (χ4v) is 5.10. The second kappa shape index (κ2) is 21.8. The smallest absolute Gasteiger partial charge is 0.343 e. The minimum absolute atomic E-state index is 0.125. The van der Waals surface area contributed by atoms with Crippen LogP contribution in [-0.2, 0) is 4.79 Å². The van der Waals surface area contributed by atoms with E-state index in [1.807, 2.05) is 0 Å². The lowest BCUT2D eigenvalue weighted by Gasteiger charge is -2.11. The number of hydrogen-bond donors (Lipinski definition) is 1. The zero-order chi connectivity index (χ0) is 30.4. The summed E-state index contributed by atoms with van der Waals surface area (Å²) in [5.74, 6) is 0.593. The Balaban J connectivity index is 1.64. The van der Waals surface area contributed by atoms with Crippen LogP contribution in [0.25, 0.3) is 0 Å². The monoisotopic (exact) mass is 644 g/mol. The van der Waals surface area contributed by atoms with Crippen molar-refractivity contribution >= 4 is 34.0 Å².